The fourth-order valence-electron chi connectivity index (χ4n) is 3.29. The van der Waals surface area contributed by atoms with Crippen molar-refractivity contribution in [1.82, 2.24) is 14.9 Å². The van der Waals surface area contributed by atoms with Crippen LogP contribution >= 0.6 is 11.3 Å². The summed E-state index contributed by atoms with van der Waals surface area (Å²) in [5, 5.41) is 0.616. The number of ether oxygens (including phenoxy) is 2. The first kappa shape index (κ1) is 20.3. The summed E-state index contributed by atoms with van der Waals surface area (Å²) in [4.78, 5) is 47.1. The number of nitrogens with zero attached hydrogens (tertiary/aromatic N) is 2. The van der Waals surface area contributed by atoms with Crippen LogP contribution in [-0.2, 0) is 33.7 Å². The van der Waals surface area contributed by atoms with Gasteiger partial charge in [0.2, 0.25) is 0 Å². The van der Waals surface area contributed by atoms with Crippen molar-refractivity contribution in [2.75, 3.05) is 19.8 Å². The van der Waals surface area contributed by atoms with Gasteiger partial charge in [0.25, 0.3) is 5.56 Å². The fourth-order valence-corrected chi connectivity index (χ4v) is 4.55. The predicted molar refractivity (Wildman–Crippen MR) is 105 cm³/mol. The number of nitrogens with one attached hydrogen (secondary N) is 1. The summed E-state index contributed by atoms with van der Waals surface area (Å²) in [6, 6.07) is 0. The molecule has 9 heteroatoms. The Hall–Kier alpha value is -2.42. The molecule has 0 fully saturated rings. The molecule has 2 aromatic heterocycles. The van der Waals surface area contributed by atoms with Gasteiger partial charge in [-0.3, -0.25) is 9.59 Å². The van der Waals surface area contributed by atoms with Crippen molar-refractivity contribution in [2.45, 2.75) is 46.6 Å². The molecule has 0 aliphatic carbocycles. The maximum absolute atomic E-state index is 12.6. The minimum Gasteiger partial charge on any atom is -0.466 e. The van der Waals surface area contributed by atoms with E-state index in [0.717, 1.165) is 10.4 Å². The monoisotopic (exact) mass is 407 g/mol. The Kier molecular flexibility index (Phi) is 6.33. The molecule has 0 aromatic carbocycles. The maximum Gasteiger partial charge on any atom is 0.410 e. The van der Waals surface area contributed by atoms with Gasteiger partial charge in [0.05, 0.1) is 31.1 Å². The number of hydrogen-bond acceptors (Lipinski definition) is 7. The topological polar surface area (TPSA) is 102 Å². The van der Waals surface area contributed by atoms with Crippen molar-refractivity contribution in [3.63, 3.8) is 0 Å². The van der Waals surface area contributed by atoms with Crippen molar-refractivity contribution >= 4 is 33.6 Å². The second-order valence-electron chi connectivity index (χ2n) is 6.76. The standard InChI is InChI=1S/C19H25N3O5S/c1-4-26-18(24)11(3)6-7-14-20-16(23)15-12-8-9-22(19(25)27-5-2)10-13(12)28-17(15)21-14/h11H,4-10H2,1-3H3,(H,20,21,23)/t11-/m1/s1. The predicted octanol–water partition coefficient (Wildman–Crippen LogP) is 2.63. The Bertz CT molecular complexity index is 936. The zero-order valence-corrected chi connectivity index (χ0v) is 17.2. The summed E-state index contributed by atoms with van der Waals surface area (Å²) in [6.07, 6.45) is 1.32. The molecule has 152 valence electrons. The molecule has 1 aliphatic heterocycles. The SMILES string of the molecule is CCOC(=O)[C@H](C)CCc1nc2sc3c(c2c(=O)[nH]1)CCN(C(=O)OCC)C3. The van der Waals surface area contributed by atoms with Gasteiger partial charge < -0.3 is 19.4 Å². The van der Waals surface area contributed by atoms with Crippen LogP contribution in [0, 0.1) is 5.92 Å². The van der Waals surface area contributed by atoms with Crippen molar-refractivity contribution in [1.29, 1.82) is 0 Å². The molecule has 1 N–H and O–H groups in total. The third-order valence-corrected chi connectivity index (χ3v) is 5.90. The minimum atomic E-state index is -0.332. The van der Waals surface area contributed by atoms with Gasteiger partial charge in [-0.05, 0) is 32.3 Å². The second-order valence-corrected chi connectivity index (χ2v) is 7.84. The lowest BCUT2D eigenvalue weighted by atomic mass is 10.0. The van der Waals surface area contributed by atoms with Gasteiger partial charge >= 0.3 is 12.1 Å². The van der Waals surface area contributed by atoms with Gasteiger partial charge in [0.15, 0.2) is 0 Å². The van der Waals surface area contributed by atoms with Crippen LogP contribution in [0.3, 0.4) is 0 Å². The smallest absolute Gasteiger partial charge is 0.410 e. The van der Waals surface area contributed by atoms with Crippen LogP contribution < -0.4 is 5.56 Å². The van der Waals surface area contributed by atoms with Gasteiger partial charge in [0.1, 0.15) is 10.7 Å². The molecule has 2 aromatic rings. The number of thiophene rings is 1. The van der Waals surface area contributed by atoms with E-state index >= 15 is 0 Å². The minimum absolute atomic E-state index is 0.161. The summed E-state index contributed by atoms with van der Waals surface area (Å²) in [5.74, 6) is 0.0710. The summed E-state index contributed by atoms with van der Waals surface area (Å²) < 4.78 is 10.1. The normalized spacial score (nSPS) is 14.6. The lowest BCUT2D eigenvalue weighted by Crippen LogP contribution is -2.36. The van der Waals surface area contributed by atoms with E-state index in [2.05, 4.69) is 9.97 Å². The van der Waals surface area contributed by atoms with Crippen LogP contribution in [0.4, 0.5) is 4.79 Å². The summed E-state index contributed by atoms with van der Waals surface area (Å²) >= 11 is 1.44. The zero-order chi connectivity index (χ0) is 20.3. The number of aromatic amines is 1. The molecule has 0 radical (unpaired) electrons. The molecular formula is C19H25N3O5S. The van der Waals surface area contributed by atoms with Crippen LogP contribution in [0.5, 0.6) is 0 Å². The van der Waals surface area contributed by atoms with Gasteiger partial charge in [-0.2, -0.15) is 0 Å². The first-order valence-electron chi connectivity index (χ1n) is 9.56. The lowest BCUT2D eigenvalue weighted by Gasteiger charge is -2.25. The van der Waals surface area contributed by atoms with Crippen LogP contribution in [0.25, 0.3) is 10.2 Å². The van der Waals surface area contributed by atoms with E-state index in [1.54, 1.807) is 18.7 Å². The van der Waals surface area contributed by atoms with E-state index in [0.29, 0.717) is 61.6 Å². The molecule has 1 atom stereocenters. The highest BCUT2D eigenvalue weighted by atomic mass is 32.1. The van der Waals surface area contributed by atoms with E-state index in [4.69, 9.17) is 9.47 Å². The highest BCUT2D eigenvalue weighted by Crippen LogP contribution is 2.32. The lowest BCUT2D eigenvalue weighted by molar-refractivity contribution is -0.147. The zero-order valence-electron chi connectivity index (χ0n) is 16.4. The molecule has 0 bridgehead atoms. The van der Waals surface area contributed by atoms with Gasteiger partial charge in [-0.1, -0.05) is 6.92 Å². The number of esters is 1. The summed E-state index contributed by atoms with van der Waals surface area (Å²) in [6.45, 7) is 7.01. The van der Waals surface area contributed by atoms with Crippen LogP contribution in [0.1, 0.15) is 43.5 Å². The third kappa shape index (κ3) is 4.19. The average molecular weight is 407 g/mol. The molecule has 28 heavy (non-hydrogen) atoms. The number of hydrogen-bond donors (Lipinski definition) is 1. The highest BCUT2D eigenvalue weighted by Gasteiger charge is 2.27. The van der Waals surface area contributed by atoms with E-state index in [1.807, 2.05) is 6.92 Å². The first-order chi connectivity index (χ1) is 13.4. The Labute approximate surface area is 166 Å². The highest BCUT2D eigenvalue weighted by molar-refractivity contribution is 7.18. The van der Waals surface area contributed by atoms with E-state index in [1.165, 1.54) is 11.3 Å². The molecule has 0 saturated carbocycles. The molecule has 0 saturated heterocycles. The number of fused-ring (bicyclic) bond motifs is 3. The van der Waals surface area contributed by atoms with E-state index in [-0.39, 0.29) is 23.5 Å². The van der Waals surface area contributed by atoms with Gasteiger partial charge in [-0.15, -0.1) is 11.3 Å². The van der Waals surface area contributed by atoms with Crippen LogP contribution in [0.2, 0.25) is 0 Å². The Balaban J connectivity index is 1.78. The van der Waals surface area contributed by atoms with E-state index < -0.39 is 0 Å². The molecule has 0 spiro atoms. The summed E-state index contributed by atoms with van der Waals surface area (Å²) in [5.41, 5.74) is 0.812. The van der Waals surface area contributed by atoms with Crippen LogP contribution in [-0.4, -0.2) is 46.7 Å². The Morgan fingerprint density at radius 1 is 1.29 bits per heavy atom. The maximum atomic E-state index is 12.6. The third-order valence-electron chi connectivity index (χ3n) is 4.79. The first-order valence-corrected chi connectivity index (χ1v) is 10.4. The van der Waals surface area contributed by atoms with Gasteiger partial charge in [0, 0.05) is 17.8 Å². The van der Waals surface area contributed by atoms with Crippen molar-refractivity contribution < 1.29 is 19.1 Å². The number of carbonyl (C=O) groups excluding carboxylic acids is 2. The quantitative estimate of drug-likeness (QED) is 0.739. The fraction of sp³-hybridized carbons (Fsp3) is 0.579. The molecule has 8 nitrogen and oxygen atoms in total. The van der Waals surface area contributed by atoms with Crippen LogP contribution in [0.15, 0.2) is 4.79 Å². The average Bonchev–Trinajstić information content (AvgIpc) is 3.04. The summed E-state index contributed by atoms with van der Waals surface area (Å²) in [7, 11) is 0. The number of carbonyl (C=O) groups is 2. The molecule has 3 rings (SSSR count). The van der Waals surface area contributed by atoms with Crippen molar-refractivity contribution in [3.05, 3.63) is 26.6 Å². The number of H-pyrrole nitrogens is 1. The largest absolute Gasteiger partial charge is 0.466 e. The molecule has 3 heterocycles. The number of aryl methyl sites for hydroxylation is 1. The van der Waals surface area contributed by atoms with E-state index in [9.17, 15) is 14.4 Å². The number of rotatable bonds is 6. The molecule has 1 amide bonds. The Morgan fingerprint density at radius 3 is 2.75 bits per heavy atom. The number of amides is 1. The van der Waals surface area contributed by atoms with Crippen molar-refractivity contribution in [3.8, 4) is 0 Å². The molecule has 1 aliphatic rings. The molecular weight excluding hydrogens is 382 g/mol. The van der Waals surface area contributed by atoms with Crippen molar-refractivity contribution in [2.24, 2.45) is 5.92 Å². The Morgan fingerprint density at radius 2 is 2.04 bits per heavy atom. The molecule has 0 unspecified atom stereocenters. The van der Waals surface area contributed by atoms with Gasteiger partial charge in [-0.25, -0.2) is 9.78 Å². The second kappa shape index (κ2) is 8.72. The number of aromatic nitrogens is 2.